The van der Waals surface area contributed by atoms with E-state index in [-0.39, 0.29) is 43.5 Å². The van der Waals surface area contributed by atoms with E-state index in [2.05, 4.69) is 88.4 Å². The number of aliphatic hydroxyl groups excluding tert-OH is 1. The average Bonchev–Trinajstić information content (AvgIpc) is 3.51. The van der Waals surface area contributed by atoms with Crippen LogP contribution >= 0.6 is 11.3 Å². The molecule has 0 atom stereocenters. The number of rotatable bonds is 15. The number of carbonyl (C=O) groups excluding carboxylic acids is 1. The first kappa shape index (κ1) is 44.3. The zero-order valence-corrected chi connectivity index (χ0v) is 37.9. The summed E-state index contributed by atoms with van der Waals surface area (Å²) in [4.78, 5) is 16.7. The van der Waals surface area contributed by atoms with Gasteiger partial charge >= 0.3 is 0 Å². The maximum atomic E-state index is 11.7. The number of carbonyl (C=O) groups is 1. The number of pyridine rings is 1. The molecule has 0 unspecified atom stereocenters. The first-order valence-electron chi connectivity index (χ1n) is 20.5. The molecule has 1 saturated carbocycles. The molecule has 52 heavy (non-hydrogen) atoms. The Labute approximate surface area is 334 Å². The van der Waals surface area contributed by atoms with Crippen LogP contribution in [0.1, 0.15) is 143 Å². The van der Waals surface area contributed by atoms with E-state index < -0.39 is 8.07 Å². The molecule has 0 spiro atoms. The summed E-state index contributed by atoms with van der Waals surface area (Å²) in [6.45, 7) is 20.1. The van der Waals surface area contributed by atoms with E-state index in [1.807, 2.05) is 33.9 Å². The molecule has 0 amide bonds. The number of aromatic nitrogens is 1. The number of thiophene rings is 1. The van der Waals surface area contributed by atoms with Gasteiger partial charge in [0, 0.05) is 54.6 Å². The molecule has 1 aliphatic carbocycles. The molecular weight excluding hydrogens is 851 g/mol. The van der Waals surface area contributed by atoms with Gasteiger partial charge in [-0.2, -0.15) is 11.3 Å². The summed E-state index contributed by atoms with van der Waals surface area (Å²) in [5.41, 5.74) is 6.28. The Balaban J connectivity index is 0.000000389. The Morgan fingerprint density at radius 1 is 0.885 bits per heavy atom. The molecule has 1 radical (unpaired) electrons. The Morgan fingerprint density at radius 2 is 1.50 bits per heavy atom. The third kappa shape index (κ3) is 9.57. The monoisotopic (exact) mass is 917 g/mol. The first-order valence-corrected chi connectivity index (χ1v) is 23.8. The molecule has 2 aromatic carbocycles. The van der Waals surface area contributed by atoms with Crippen LogP contribution in [0.4, 0.5) is 0 Å². The molecule has 0 aliphatic heterocycles. The summed E-state index contributed by atoms with van der Waals surface area (Å²) in [6, 6.07) is 20.0. The number of ketones is 1. The van der Waals surface area contributed by atoms with Crippen molar-refractivity contribution in [2.24, 2.45) is 11.8 Å². The minimum atomic E-state index is -1.57. The van der Waals surface area contributed by atoms with E-state index in [0.717, 1.165) is 49.8 Å². The molecule has 6 heteroatoms. The Hall–Kier alpha value is -2.11. The largest absolute Gasteiger partial charge is 0.512 e. The zero-order chi connectivity index (χ0) is 37.1. The summed E-state index contributed by atoms with van der Waals surface area (Å²) in [5, 5.41) is 13.8. The van der Waals surface area contributed by atoms with Crippen molar-refractivity contribution in [2.45, 2.75) is 156 Å². The van der Waals surface area contributed by atoms with E-state index in [1.54, 1.807) is 10.1 Å². The molecule has 0 saturated heterocycles. The second kappa shape index (κ2) is 21.1. The van der Waals surface area contributed by atoms with Crippen LogP contribution in [0, 0.1) is 24.8 Å². The SMILES string of the molecule is CCC(CC)C(=O)/C=C(\O)C(CC)CC.CCC(CC)c1cc(-c2nccc3c(C)c([Si](CC)(CC)C4CCCCC4)sc23)[c-]c2ccccc12.[Ir]. The molecule has 2 heterocycles. The Bertz CT molecular complexity index is 1740. The van der Waals surface area contributed by atoms with Gasteiger partial charge in [-0.05, 0) is 65.6 Å². The molecule has 3 nitrogen and oxygen atoms in total. The van der Waals surface area contributed by atoms with Crippen LogP contribution in [0.5, 0.6) is 0 Å². The van der Waals surface area contributed by atoms with Gasteiger partial charge in [0.1, 0.15) is 8.07 Å². The van der Waals surface area contributed by atoms with Gasteiger partial charge in [0.2, 0.25) is 0 Å². The molecule has 5 rings (SSSR count). The minimum absolute atomic E-state index is 0. The second-order valence-corrected chi connectivity index (χ2v) is 21.4. The molecule has 287 valence electrons. The van der Waals surface area contributed by atoms with Gasteiger partial charge in [0.15, 0.2) is 5.78 Å². The van der Waals surface area contributed by atoms with E-state index >= 15 is 0 Å². The van der Waals surface area contributed by atoms with Crippen LogP contribution in [0.2, 0.25) is 17.6 Å². The number of benzene rings is 2. The number of fused-ring (bicyclic) bond motifs is 2. The van der Waals surface area contributed by atoms with Gasteiger partial charge in [-0.15, -0.1) is 29.1 Å². The smallest absolute Gasteiger partial charge is 0.162 e. The summed E-state index contributed by atoms with van der Waals surface area (Å²) in [5.74, 6) is 1.11. The standard InChI is InChI=1S/C33H42NSSi.C13H24O2.Ir/c1-6-24(7-2)30-22-26(21-25-15-13-14-18-29(25)30)31-32-28(19-20-34-31)23(5)33(35-32)36(8-3,9-4)27-16-11-10-12-17-27;1-5-10(6-2)12(14)9-13(15)11(7-3)8-4;/h13-15,18-20,22,24,27H,6-12,16-17H2,1-5H3;9-11,14H,5-8H2,1-4H3;/q-1;;/b;12-9-;. The number of nitrogens with zero attached hydrogens (tertiary/aromatic N) is 1. The molecule has 0 bridgehead atoms. The van der Waals surface area contributed by atoms with E-state index in [0.29, 0.717) is 5.92 Å². The average molecular weight is 917 g/mol. The number of aliphatic hydroxyl groups is 1. The third-order valence-corrected chi connectivity index (χ3v) is 21.1. The molecule has 1 fully saturated rings. The van der Waals surface area contributed by atoms with Crippen molar-refractivity contribution in [3.63, 3.8) is 0 Å². The fraction of sp³-hybridized carbons (Fsp3) is 0.565. The molecular formula is C46H66IrNO2SSi-. The predicted molar refractivity (Wildman–Crippen MR) is 227 cm³/mol. The summed E-state index contributed by atoms with van der Waals surface area (Å²) >= 11 is 2.11. The van der Waals surface area contributed by atoms with Crippen LogP contribution in [-0.2, 0) is 24.9 Å². The fourth-order valence-corrected chi connectivity index (χ4v) is 17.6. The zero-order valence-electron chi connectivity index (χ0n) is 33.7. The molecule has 1 N–H and O–H groups in total. The van der Waals surface area contributed by atoms with Crippen molar-refractivity contribution >= 4 is 50.6 Å². The van der Waals surface area contributed by atoms with Crippen LogP contribution in [0.25, 0.3) is 32.1 Å². The fourth-order valence-electron chi connectivity index (χ4n) is 9.04. The van der Waals surface area contributed by atoms with Crippen LogP contribution < -0.4 is 4.50 Å². The Morgan fingerprint density at radius 3 is 2.08 bits per heavy atom. The van der Waals surface area contributed by atoms with Crippen molar-refractivity contribution in [1.29, 1.82) is 0 Å². The quantitative estimate of drug-likeness (QED) is 0.0559. The van der Waals surface area contributed by atoms with Gasteiger partial charge in [0.25, 0.3) is 0 Å². The van der Waals surface area contributed by atoms with Gasteiger partial charge in [-0.1, -0.05) is 142 Å². The molecule has 1 aliphatic rings. The van der Waals surface area contributed by atoms with Crippen molar-refractivity contribution < 1.29 is 30.0 Å². The molecule has 4 aromatic rings. The number of hydrogen-bond donors (Lipinski definition) is 1. The van der Waals surface area contributed by atoms with Crippen LogP contribution in [0.15, 0.2) is 54.4 Å². The first-order chi connectivity index (χ1) is 24.7. The maximum Gasteiger partial charge on any atom is 0.162 e. The van der Waals surface area contributed by atoms with E-state index in [4.69, 9.17) is 4.98 Å². The van der Waals surface area contributed by atoms with Crippen molar-refractivity contribution in [3.05, 3.63) is 71.6 Å². The van der Waals surface area contributed by atoms with Crippen molar-refractivity contribution in [1.82, 2.24) is 4.98 Å². The van der Waals surface area contributed by atoms with Crippen LogP contribution in [-0.4, -0.2) is 23.9 Å². The summed E-state index contributed by atoms with van der Waals surface area (Å²) in [6.07, 6.45) is 16.5. The van der Waals surface area contributed by atoms with Crippen LogP contribution in [0.3, 0.4) is 0 Å². The van der Waals surface area contributed by atoms with Gasteiger partial charge in [-0.3, -0.25) is 9.78 Å². The van der Waals surface area contributed by atoms with Gasteiger partial charge in [0.05, 0.1) is 5.76 Å². The van der Waals surface area contributed by atoms with Crippen molar-refractivity contribution in [2.75, 3.05) is 0 Å². The van der Waals surface area contributed by atoms with E-state index in [9.17, 15) is 9.90 Å². The number of hydrogen-bond acceptors (Lipinski definition) is 4. The topological polar surface area (TPSA) is 50.2 Å². The Kier molecular flexibility index (Phi) is 18.0. The summed E-state index contributed by atoms with van der Waals surface area (Å²) in [7, 11) is -1.57. The molecule has 2 aromatic heterocycles. The second-order valence-electron chi connectivity index (χ2n) is 15.0. The van der Waals surface area contributed by atoms with E-state index in [1.165, 1.54) is 82.3 Å². The van der Waals surface area contributed by atoms with Crippen molar-refractivity contribution in [3.8, 4) is 11.3 Å². The normalized spacial score (nSPS) is 14.3. The number of aryl methyl sites for hydroxylation is 1. The summed E-state index contributed by atoms with van der Waals surface area (Å²) < 4.78 is 3.16. The predicted octanol–water partition coefficient (Wildman–Crippen LogP) is 14.0. The third-order valence-electron chi connectivity index (χ3n) is 12.5. The van der Waals surface area contributed by atoms with Gasteiger partial charge in [-0.25, -0.2) is 0 Å². The van der Waals surface area contributed by atoms with Gasteiger partial charge < -0.3 is 5.11 Å². The maximum absolute atomic E-state index is 11.7. The number of allylic oxidation sites excluding steroid dienone is 2. The minimum Gasteiger partial charge on any atom is -0.512 e.